The summed E-state index contributed by atoms with van der Waals surface area (Å²) in [5.41, 5.74) is 3.24. The van der Waals surface area contributed by atoms with Crippen molar-refractivity contribution in [2.24, 2.45) is 5.92 Å². The molecule has 6 heteroatoms. The Morgan fingerprint density at radius 1 is 1.15 bits per heavy atom. The lowest BCUT2D eigenvalue weighted by Gasteiger charge is -2.38. The molecule has 0 spiro atoms. The fourth-order valence-electron chi connectivity index (χ4n) is 4.05. The first-order valence-electron chi connectivity index (χ1n) is 8.37. The third kappa shape index (κ3) is 2.79. The van der Waals surface area contributed by atoms with Crippen molar-refractivity contribution in [1.82, 2.24) is 0 Å². The van der Waals surface area contributed by atoms with Crippen LogP contribution in [-0.4, -0.2) is 14.2 Å². The van der Waals surface area contributed by atoms with Crippen LogP contribution in [0, 0.1) is 5.92 Å². The van der Waals surface area contributed by atoms with Gasteiger partial charge in [-0.2, -0.15) is 0 Å². The topological polar surface area (TPSA) is 30.5 Å². The molecule has 3 nitrogen and oxygen atoms in total. The first-order chi connectivity index (χ1) is 12.5. The molecule has 1 aliphatic heterocycles. The number of rotatable bonds is 3. The van der Waals surface area contributed by atoms with E-state index in [2.05, 4.69) is 45.5 Å². The summed E-state index contributed by atoms with van der Waals surface area (Å²) in [7, 11) is 3.28. The van der Waals surface area contributed by atoms with Gasteiger partial charge >= 0.3 is 0 Å². The maximum Gasteiger partial charge on any atom is 0.174 e. The van der Waals surface area contributed by atoms with Gasteiger partial charge in [0.05, 0.1) is 40.5 Å². The van der Waals surface area contributed by atoms with Crippen molar-refractivity contribution in [2.45, 2.75) is 18.4 Å². The van der Waals surface area contributed by atoms with E-state index in [9.17, 15) is 0 Å². The molecule has 0 saturated heterocycles. The minimum absolute atomic E-state index is 0.0922. The summed E-state index contributed by atoms with van der Waals surface area (Å²) in [4.78, 5) is 0. The average Bonchev–Trinajstić information content (AvgIpc) is 3.13. The molecule has 0 unspecified atom stereocenters. The number of halogens is 3. The molecule has 1 N–H and O–H groups in total. The van der Waals surface area contributed by atoms with Crippen molar-refractivity contribution in [3.8, 4) is 11.5 Å². The molecule has 1 heterocycles. The third-order valence-corrected chi connectivity index (χ3v) is 6.64. The molecular formula is C20H18BrCl2NO2. The molecule has 0 bridgehead atoms. The second-order valence-electron chi connectivity index (χ2n) is 6.54. The molecule has 0 saturated carbocycles. The first-order valence-corrected chi connectivity index (χ1v) is 9.92. The quantitative estimate of drug-likeness (QED) is 0.530. The molecule has 0 radical (unpaired) electrons. The summed E-state index contributed by atoms with van der Waals surface area (Å²) in [5, 5.41) is 4.77. The number of benzene rings is 2. The fraction of sp³-hybridized carbons (Fsp3) is 0.300. The third-order valence-electron chi connectivity index (χ3n) is 5.24. The second kappa shape index (κ2) is 6.99. The molecule has 2 aromatic rings. The second-order valence-corrected chi connectivity index (χ2v) is 8.18. The van der Waals surface area contributed by atoms with Gasteiger partial charge in [-0.15, -0.1) is 0 Å². The van der Waals surface area contributed by atoms with Gasteiger partial charge in [0.15, 0.2) is 11.5 Å². The standard InChI is InChI=1S/C20H18BrCl2NO2/c1-25-16-9-10(8-14(21)20(16)26-2)18-12-5-3-4-11(12)13-6-7-15(22)17(23)19(13)24-18/h3-4,6-9,11-12,18,24H,5H2,1-2H3/t11-,12+,18+/m1/s1. The zero-order chi connectivity index (χ0) is 18.4. The Bertz CT molecular complexity index is 900. The van der Waals surface area contributed by atoms with Crippen LogP contribution in [0.4, 0.5) is 5.69 Å². The van der Waals surface area contributed by atoms with E-state index < -0.39 is 0 Å². The molecule has 3 atom stereocenters. The van der Waals surface area contributed by atoms with Crippen LogP contribution >= 0.6 is 39.1 Å². The van der Waals surface area contributed by atoms with Crippen LogP contribution in [0.3, 0.4) is 0 Å². The molecule has 2 aromatic carbocycles. The minimum atomic E-state index is 0.0922. The Hall–Kier alpha value is -1.36. The largest absolute Gasteiger partial charge is 0.493 e. The van der Waals surface area contributed by atoms with E-state index in [-0.39, 0.29) is 6.04 Å². The van der Waals surface area contributed by atoms with E-state index in [1.165, 1.54) is 5.56 Å². The van der Waals surface area contributed by atoms with E-state index in [0.29, 0.717) is 33.4 Å². The van der Waals surface area contributed by atoms with Gasteiger partial charge in [-0.05, 0) is 57.6 Å². The highest BCUT2D eigenvalue weighted by Gasteiger charge is 2.39. The highest BCUT2D eigenvalue weighted by atomic mass is 79.9. The number of ether oxygens (including phenoxy) is 2. The molecule has 0 aromatic heterocycles. The summed E-state index contributed by atoms with van der Waals surface area (Å²) >= 11 is 16.4. The van der Waals surface area contributed by atoms with Gasteiger partial charge < -0.3 is 14.8 Å². The maximum absolute atomic E-state index is 6.52. The van der Waals surface area contributed by atoms with Crippen LogP contribution in [0.5, 0.6) is 11.5 Å². The van der Waals surface area contributed by atoms with Crippen molar-refractivity contribution >= 4 is 44.8 Å². The van der Waals surface area contributed by atoms with Crippen molar-refractivity contribution in [3.05, 3.63) is 62.1 Å². The number of hydrogen-bond donors (Lipinski definition) is 1. The lowest BCUT2D eigenvalue weighted by Crippen LogP contribution is -2.29. The molecule has 0 fully saturated rings. The summed E-state index contributed by atoms with van der Waals surface area (Å²) in [5.74, 6) is 2.11. The number of nitrogens with one attached hydrogen (secondary N) is 1. The van der Waals surface area contributed by atoms with Crippen LogP contribution < -0.4 is 14.8 Å². The van der Waals surface area contributed by atoms with E-state index in [1.54, 1.807) is 14.2 Å². The minimum Gasteiger partial charge on any atom is -0.493 e. The summed E-state index contributed by atoms with van der Waals surface area (Å²) in [6.45, 7) is 0. The van der Waals surface area contributed by atoms with E-state index in [1.807, 2.05) is 12.1 Å². The van der Waals surface area contributed by atoms with Crippen LogP contribution in [0.2, 0.25) is 10.0 Å². The summed E-state index contributed by atoms with van der Waals surface area (Å²) in [6, 6.07) is 8.15. The lowest BCUT2D eigenvalue weighted by molar-refractivity contribution is 0.351. The van der Waals surface area contributed by atoms with E-state index >= 15 is 0 Å². The van der Waals surface area contributed by atoms with Crippen molar-refractivity contribution < 1.29 is 9.47 Å². The highest BCUT2D eigenvalue weighted by molar-refractivity contribution is 9.10. The maximum atomic E-state index is 6.52. The van der Waals surface area contributed by atoms with Crippen LogP contribution in [0.1, 0.15) is 29.5 Å². The van der Waals surface area contributed by atoms with E-state index in [4.69, 9.17) is 32.7 Å². The van der Waals surface area contributed by atoms with Crippen LogP contribution in [-0.2, 0) is 0 Å². The Morgan fingerprint density at radius 2 is 1.96 bits per heavy atom. The van der Waals surface area contributed by atoms with Gasteiger partial charge in [0.1, 0.15) is 0 Å². The van der Waals surface area contributed by atoms with Gasteiger partial charge in [-0.3, -0.25) is 0 Å². The smallest absolute Gasteiger partial charge is 0.174 e. The highest BCUT2D eigenvalue weighted by Crippen LogP contribution is 2.53. The molecular weight excluding hydrogens is 437 g/mol. The predicted octanol–water partition coefficient (Wildman–Crippen LogP) is 6.60. The number of methoxy groups -OCH3 is 2. The molecule has 0 amide bonds. The molecule has 26 heavy (non-hydrogen) atoms. The van der Waals surface area contributed by atoms with Gasteiger partial charge in [0.2, 0.25) is 0 Å². The predicted molar refractivity (Wildman–Crippen MR) is 110 cm³/mol. The van der Waals surface area contributed by atoms with Crippen LogP contribution in [0.15, 0.2) is 40.9 Å². The fourth-order valence-corrected chi connectivity index (χ4v) is 5.06. The Balaban J connectivity index is 1.83. The number of hydrogen-bond acceptors (Lipinski definition) is 3. The van der Waals surface area contributed by atoms with Crippen molar-refractivity contribution in [1.29, 1.82) is 0 Å². The van der Waals surface area contributed by atoms with Crippen molar-refractivity contribution in [3.63, 3.8) is 0 Å². The zero-order valence-corrected chi connectivity index (χ0v) is 17.5. The number of anilines is 1. The van der Waals surface area contributed by atoms with E-state index in [0.717, 1.165) is 22.1 Å². The summed E-state index contributed by atoms with van der Waals surface area (Å²) in [6.07, 6.45) is 5.53. The monoisotopic (exact) mass is 453 g/mol. The van der Waals surface area contributed by atoms with Gasteiger partial charge in [0.25, 0.3) is 0 Å². The Labute approximate surface area is 171 Å². The molecule has 136 valence electrons. The normalized spacial score (nSPS) is 23.2. The molecule has 1 aliphatic carbocycles. The van der Waals surface area contributed by atoms with Gasteiger partial charge in [-0.25, -0.2) is 0 Å². The van der Waals surface area contributed by atoms with Gasteiger partial charge in [0, 0.05) is 5.92 Å². The average molecular weight is 455 g/mol. The number of fused-ring (bicyclic) bond motifs is 3. The Kier molecular flexibility index (Phi) is 4.84. The van der Waals surface area contributed by atoms with Crippen LogP contribution in [0.25, 0.3) is 0 Å². The van der Waals surface area contributed by atoms with Gasteiger partial charge in [-0.1, -0.05) is 41.4 Å². The molecule has 4 rings (SSSR count). The SMILES string of the molecule is COc1cc([C@@H]2Nc3c(ccc(Cl)c3Cl)[C@@H]3C=CC[C@@H]32)cc(Br)c1OC. The number of allylic oxidation sites excluding steroid dienone is 2. The summed E-state index contributed by atoms with van der Waals surface area (Å²) < 4.78 is 11.8. The molecule has 2 aliphatic rings. The zero-order valence-electron chi connectivity index (χ0n) is 14.4. The lowest BCUT2D eigenvalue weighted by atomic mass is 9.77. The first kappa shape index (κ1) is 18.0. The Morgan fingerprint density at radius 3 is 2.69 bits per heavy atom. The van der Waals surface area contributed by atoms with Crippen molar-refractivity contribution in [2.75, 3.05) is 19.5 Å².